The largest absolute Gasteiger partial charge is 0.493 e. The fourth-order valence-electron chi connectivity index (χ4n) is 3.83. The number of thioether (sulfide) groups is 1. The highest BCUT2D eigenvalue weighted by Crippen LogP contribution is 2.33. The standard InChI is InChI=1S/C23H26N6O3S/c1-13-17(10-24)26-11-18-22(13)29-23(28-18)33-12-21(30)27-15-5-8-19(31-2)20(9-15)32-16-6-3-14(25)4-7-16/h5,8-9,11,14,16H,3-4,6-7,12,25H2,1-2H3,(H,27,30)(H,28,29)/t14-,16-. The van der Waals surface area contributed by atoms with E-state index in [4.69, 9.17) is 20.5 Å². The van der Waals surface area contributed by atoms with Crippen molar-refractivity contribution in [3.05, 3.63) is 35.7 Å². The molecule has 0 spiro atoms. The van der Waals surface area contributed by atoms with E-state index in [2.05, 4.69) is 26.3 Å². The average Bonchev–Trinajstić information content (AvgIpc) is 3.24. The Balaban J connectivity index is 1.38. The van der Waals surface area contributed by atoms with Gasteiger partial charge in [0.25, 0.3) is 0 Å². The number of nitrogens with zero attached hydrogens (tertiary/aromatic N) is 3. The molecule has 2 heterocycles. The number of aromatic amines is 1. The second-order valence-corrected chi connectivity index (χ2v) is 8.97. The molecule has 4 N–H and O–H groups in total. The number of benzene rings is 1. The number of anilines is 1. The highest BCUT2D eigenvalue weighted by Gasteiger charge is 2.21. The lowest BCUT2D eigenvalue weighted by Gasteiger charge is -2.27. The zero-order valence-corrected chi connectivity index (χ0v) is 19.4. The van der Waals surface area contributed by atoms with Gasteiger partial charge in [0.05, 0.1) is 36.2 Å². The summed E-state index contributed by atoms with van der Waals surface area (Å²) < 4.78 is 11.6. The van der Waals surface area contributed by atoms with Gasteiger partial charge in [-0.1, -0.05) is 11.8 Å². The highest BCUT2D eigenvalue weighted by atomic mass is 32.2. The highest BCUT2D eigenvalue weighted by molar-refractivity contribution is 7.99. The van der Waals surface area contributed by atoms with Gasteiger partial charge in [-0.2, -0.15) is 5.26 Å². The van der Waals surface area contributed by atoms with Gasteiger partial charge in [0.15, 0.2) is 16.7 Å². The number of carbonyl (C=O) groups excluding carboxylic acids is 1. The molecule has 9 nitrogen and oxygen atoms in total. The van der Waals surface area contributed by atoms with Crippen molar-refractivity contribution < 1.29 is 14.3 Å². The quantitative estimate of drug-likeness (QED) is 0.450. The third-order valence-electron chi connectivity index (χ3n) is 5.65. The second kappa shape index (κ2) is 10.1. The number of aromatic nitrogens is 3. The number of hydrogen-bond donors (Lipinski definition) is 3. The molecule has 4 rings (SSSR count). The SMILES string of the molecule is COc1ccc(NC(=O)CSc2nc3c(C)c(C#N)ncc3[nH]2)cc1O[C@H]1CC[C@H](N)CC1. The Labute approximate surface area is 196 Å². The summed E-state index contributed by atoms with van der Waals surface area (Å²) in [5.41, 5.74) is 9.09. The Morgan fingerprint density at radius 1 is 1.33 bits per heavy atom. The summed E-state index contributed by atoms with van der Waals surface area (Å²) in [7, 11) is 1.60. The molecule has 0 bridgehead atoms. The van der Waals surface area contributed by atoms with Crippen LogP contribution in [-0.2, 0) is 4.79 Å². The topological polar surface area (TPSA) is 139 Å². The number of imidazole rings is 1. The van der Waals surface area contributed by atoms with Gasteiger partial charge >= 0.3 is 0 Å². The number of nitrogens with two attached hydrogens (primary N) is 1. The monoisotopic (exact) mass is 466 g/mol. The number of rotatable bonds is 7. The van der Waals surface area contributed by atoms with Crippen LogP contribution >= 0.6 is 11.8 Å². The predicted octanol–water partition coefficient (Wildman–Crippen LogP) is 3.53. The number of nitrogens with one attached hydrogen (secondary N) is 2. The molecular weight excluding hydrogens is 440 g/mol. The van der Waals surface area contributed by atoms with Gasteiger partial charge in [0.1, 0.15) is 11.8 Å². The predicted molar refractivity (Wildman–Crippen MR) is 127 cm³/mol. The van der Waals surface area contributed by atoms with E-state index in [9.17, 15) is 4.79 Å². The van der Waals surface area contributed by atoms with Crippen LogP contribution in [0.1, 0.15) is 36.9 Å². The minimum absolute atomic E-state index is 0.0905. The van der Waals surface area contributed by atoms with Crippen LogP contribution < -0.4 is 20.5 Å². The van der Waals surface area contributed by atoms with Crippen LogP contribution in [0.25, 0.3) is 11.0 Å². The molecule has 10 heteroatoms. The molecule has 0 radical (unpaired) electrons. The van der Waals surface area contributed by atoms with Gasteiger partial charge in [0.2, 0.25) is 5.91 Å². The van der Waals surface area contributed by atoms with Crippen LogP contribution in [0.4, 0.5) is 5.69 Å². The number of fused-ring (bicyclic) bond motifs is 1. The van der Waals surface area contributed by atoms with E-state index in [0.29, 0.717) is 39.1 Å². The van der Waals surface area contributed by atoms with Crippen molar-refractivity contribution in [1.82, 2.24) is 15.0 Å². The van der Waals surface area contributed by atoms with E-state index in [1.54, 1.807) is 38.4 Å². The molecular formula is C23H26N6O3S. The first-order valence-electron chi connectivity index (χ1n) is 10.7. The summed E-state index contributed by atoms with van der Waals surface area (Å²) in [6, 6.07) is 7.66. The lowest BCUT2D eigenvalue weighted by Crippen LogP contribution is -2.31. The number of nitriles is 1. The molecule has 3 aromatic rings. The molecule has 2 aromatic heterocycles. The lowest BCUT2D eigenvalue weighted by atomic mass is 9.94. The number of aryl methyl sites for hydroxylation is 1. The van der Waals surface area contributed by atoms with E-state index in [1.807, 2.05) is 0 Å². The van der Waals surface area contributed by atoms with Crippen molar-refractivity contribution >= 4 is 34.4 Å². The van der Waals surface area contributed by atoms with Gasteiger partial charge in [-0.15, -0.1) is 0 Å². The number of ether oxygens (including phenoxy) is 2. The maximum Gasteiger partial charge on any atom is 0.234 e. The molecule has 0 aliphatic heterocycles. The zero-order valence-electron chi connectivity index (χ0n) is 18.6. The van der Waals surface area contributed by atoms with Crippen LogP contribution in [0.3, 0.4) is 0 Å². The summed E-state index contributed by atoms with van der Waals surface area (Å²) in [5, 5.41) is 12.6. The summed E-state index contributed by atoms with van der Waals surface area (Å²) in [4.78, 5) is 24.3. The maximum atomic E-state index is 12.5. The van der Waals surface area contributed by atoms with Crippen LogP contribution in [0.5, 0.6) is 11.5 Å². The van der Waals surface area contributed by atoms with Gasteiger partial charge in [0, 0.05) is 23.4 Å². The average molecular weight is 467 g/mol. The Morgan fingerprint density at radius 2 is 2.12 bits per heavy atom. The third kappa shape index (κ3) is 5.38. The lowest BCUT2D eigenvalue weighted by molar-refractivity contribution is -0.113. The van der Waals surface area contributed by atoms with Gasteiger partial charge in [-0.05, 0) is 44.7 Å². The molecule has 0 unspecified atom stereocenters. The Bertz CT molecular complexity index is 1200. The Morgan fingerprint density at radius 3 is 2.85 bits per heavy atom. The number of methoxy groups -OCH3 is 1. The second-order valence-electron chi connectivity index (χ2n) is 8.00. The first-order chi connectivity index (χ1) is 16.0. The van der Waals surface area contributed by atoms with Crippen molar-refractivity contribution in [1.29, 1.82) is 5.26 Å². The van der Waals surface area contributed by atoms with E-state index in [-0.39, 0.29) is 23.8 Å². The van der Waals surface area contributed by atoms with Crippen molar-refractivity contribution in [2.45, 2.75) is 49.9 Å². The minimum Gasteiger partial charge on any atom is -0.493 e. The van der Waals surface area contributed by atoms with Crippen molar-refractivity contribution in [3.63, 3.8) is 0 Å². The zero-order chi connectivity index (χ0) is 23.4. The number of amides is 1. The molecule has 1 amide bonds. The van der Waals surface area contributed by atoms with E-state index in [0.717, 1.165) is 31.2 Å². The van der Waals surface area contributed by atoms with Gasteiger partial charge in [-0.3, -0.25) is 4.79 Å². The Hall–Kier alpha value is -3.29. The first-order valence-corrected chi connectivity index (χ1v) is 11.7. The van der Waals surface area contributed by atoms with E-state index < -0.39 is 0 Å². The molecule has 1 aromatic carbocycles. The molecule has 0 saturated heterocycles. The smallest absolute Gasteiger partial charge is 0.234 e. The van der Waals surface area contributed by atoms with E-state index in [1.165, 1.54) is 11.8 Å². The van der Waals surface area contributed by atoms with Crippen molar-refractivity contribution in [2.24, 2.45) is 5.73 Å². The number of carbonyl (C=O) groups is 1. The number of hydrogen-bond acceptors (Lipinski definition) is 8. The maximum absolute atomic E-state index is 12.5. The van der Waals surface area contributed by atoms with Crippen LogP contribution in [0.15, 0.2) is 29.6 Å². The number of pyridine rings is 1. The Kier molecular flexibility index (Phi) is 7.01. The number of H-pyrrole nitrogens is 1. The molecule has 1 aliphatic rings. The molecule has 1 saturated carbocycles. The third-order valence-corrected chi connectivity index (χ3v) is 6.52. The molecule has 0 atom stereocenters. The van der Waals surface area contributed by atoms with Gasteiger partial charge in [-0.25, -0.2) is 9.97 Å². The first kappa shape index (κ1) is 22.9. The molecule has 33 heavy (non-hydrogen) atoms. The summed E-state index contributed by atoms with van der Waals surface area (Å²) in [5.74, 6) is 1.23. The molecule has 1 fully saturated rings. The van der Waals surface area contributed by atoms with E-state index >= 15 is 0 Å². The fourth-order valence-corrected chi connectivity index (χ4v) is 4.50. The fraction of sp³-hybridized carbons (Fsp3) is 0.391. The van der Waals surface area contributed by atoms with Crippen LogP contribution in [0.2, 0.25) is 0 Å². The molecule has 172 valence electrons. The summed E-state index contributed by atoms with van der Waals surface area (Å²) in [6.45, 7) is 1.81. The van der Waals surface area contributed by atoms with Crippen molar-refractivity contribution in [2.75, 3.05) is 18.2 Å². The molecule has 1 aliphatic carbocycles. The minimum atomic E-state index is -0.173. The van der Waals surface area contributed by atoms with Crippen LogP contribution in [0, 0.1) is 18.3 Å². The normalized spacial score (nSPS) is 18.0. The summed E-state index contributed by atoms with van der Waals surface area (Å²) >= 11 is 1.28. The van der Waals surface area contributed by atoms with Crippen LogP contribution in [-0.4, -0.2) is 45.9 Å². The summed E-state index contributed by atoms with van der Waals surface area (Å²) in [6.07, 6.45) is 5.36. The van der Waals surface area contributed by atoms with Gasteiger partial charge < -0.3 is 25.5 Å². The van der Waals surface area contributed by atoms with Crippen molar-refractivity contribution in [3.8, 4) is 17.6 Å².